The van der Waals surface area contributed by atoms with Gasteiger partial charge >= 0.3 is 12.0 Å². The summed E-state index contributed by atoms with van der Waals surface area (Å²) in [7, 11) is 0. The number of anilines is 2. The Balaban J connectivity index is 1.60. The Hall–Kier alpha value is -4.43. The topological polar surface area (TPSA) is 115 Å². The number of nitrogens with one attached hydrogen (secondary N) is 2. The van der Waals surface area contributed by atoms with E-state index in [2.05, 4.69) is 17.6 Å². The van der Waals surface area contributed by atoms with Gasteiger partial charge in [0.25, 0.3) is 5.91 Å². The summed E-state index contributed by atoms with van der Waals surface area (Å²) < 4.78 is 6.61. The summed E-state index contributed by atoms with van der Waals surface area (Å²) in [5.74, 6) is -0.871. The van der Waals surface area contributed by atoms with Crippen molar-refractivity contribution >= 4 is 40.2 Å². The van der Waals surface area contributed by atoms with E-state index in [9.17, 15) is 14.4 Å². The molecule has 4 rings (SSSR count). The fraction of sp³-hybridized carbons (Fsp3) is 0.148. The number of amides is 2. The van der Waals surface area contributed by atoms with Crippen LogP contribution >= 0.6 is 0 Å². The molecule has 0 saturated carbocycles. The fourth-order valence-electron chi connectivity index (χ4n) is 3.76. The van der Waals surface area contributed by atoms with Crippen molar-refractivity contribution in [3.63, 3.8) is 0 Å². The van der Waals surface area contributed by atoms with Crippen LogP contribution in [0.15, 0.2) is 79.0 Å². The first-order valence-electron chi connectivity index (χ1n) is 11.3. The van der Waals surface area contributed by atoms with Crippen LogP contribution in [0.3, 0.4) is 0 Å². The van der Waals surface area contributed by atoms with E-state index < -0.39 is 12.0 Å². The van der Waals surface area contributed by atoms with Gasteiger partial charge in [-0.2, -0.15) is 0 Å². The highest BCUT2D eigenvalue weighted by Gasteiger charge is 2.19. The van der Waals surface area contributed by atoms with Crippen molar-refractivity contribution in [2.45, 2.75) is 20.0 Å². The van der Waals surface area contributed by atoms with Crippen molar-refractivity contribution in [3.05, 3.63) is 95.7 Å². The lowest BCUT2D eigenvalue weighted by Gasteiger charge is -2.10. The number of hydrogen-bond acceptors (Lipinski definition) is 5. The maximum absolute atomic E-state index is 13.5. The molecular weight excluding hydrogens is 444 g/mol. The van der Waals surface area contributed by atoms with E-state index in [0.717, 1.165) is 6.42 Å². The lowest BCUT2D eigenvalue weighted by Crippen LogP contribution is -2.19. The third-order valence-corrected chi connectivity index (χ3v) is 5.60. The van der Waals surface area contributed by atoms with Gasteiger partial charge in [0.15, 0.2) is 0 Å². The lowest BCUT2D eigenvalue weighted by molar-refractivity contribution is -0.143. The summed E-state index contributed by atoms with van der Waals surface area (Å²) in [5.41, 5.74) is 9.21. The molecule has 8 heteroatoms. The Morgan fingerprint density at radius 3 is 2.37 bits per heavy atom. The minimum absolute atomic E-state index is 0.0680. The van der Waals surface area contributed by atoms with E-state index in [4.69, 9.17) is 10.5 Å². The largest absolute Gasteiger partial charge is 0.460 e. The molecule has 0 aliphatic rings. The number of aromatic nitrogens is 1. The molecule has 0 aliphatic heterocycles. The molecule has 35 heavy (non-hydrogen) atoms. The highest BCUT2D eigenvalue weighted by molar-refractivity contribution is 6.10. The summed E-state index contributed by atoms with van der Waals surface area (Å²) >= 11 is 0. The quantitative estimate of drug-likeness (QED) is 0.343. The third kappa shape index (κ3) is 5.39. The minimum atomic E-state index is -0.555. The SMILES string of the molecule is CCc1ccc(NC(=O)Nc2cn(C(=O)c3ccccc3COC(=O)CN)c3ccccc23)cc1. The van der Waals surface area contributed by atoms with E-state index in [1.54, 1.807) is 36.5 Å². The second-order valence-corrected chi connectivity index (χ2v) is 7.89. The molecule has 0 fully saturated rings. The number of fused-ring (bicyclic) bond motifs is 1. The third-order valence-electron chi connectivity index (χ3n) is 5.60. The zero-order chi connectivity index (χ0) is 24.8. The number of ether oxygens (including phenoxy) is 1. The monoisotopic (exact) mass is 470 g/mol. The minimum Gasteiger partial charge on any atom is -0.460 e. The molecule has 0 saturated heterocycles. The van der Waals surface area contributed by atoms with E-state index in [1.165, 1.54) is 10.1 Å². The van der Waals surface area contributed by atoms with Gasteiger partial charge in [-0.1, -0.05) is 55.5 Å². The number of para-hydroxylation sites is 1. The van der Waals surface area contributed by atoms with Crippen LogP contribution in [-0.4, -0.2) is 29.0 Å². The highest BCUT2D eigenvalue weighted by Crippen LogP contribution is 2.27. The Kier molecular flexibility index (Phi) is 7.23. The first-order chi connectivity index (χ1) is 17.0. The van der Waals surface area contributed by atoms with Gasteiger partial charge in [-0.3, -0.25) is 14.2 Å². The van der Waals surface area contributed by atoms with Crippen molar-refractivity contribution in [2.75, 3.05) is 17.2 Å². The summed E-state index contributed by atoms with van der Waals surface area (Å²) in [6.07, 6.45) is 2.51. The molecule has 0 bridgehead atoms. The van der Waals surface area contributed by atoms with Crippen LogP contribution in [0.5, 0.6) is 0 Å². The number of urea groups is 1. The lowest BCUT2D eigenvalue weighted by atomic mass is 10.1. The number of carbonyl (C=O) groups is 3. The number of hydrogen-bond donors (Lipinski definition) is 3. The molecule has 8 nitrogen and oxygen atoms in total. The van der Waals surface area contributed by atoms with Crippen LogP contribution in [0.4, 0.5) is 16.2 Å². The zero-order valence-electron chi connectivity index (χ0n) is 19.3. The van der Waals surface area contributed by atoms with Crippen LogP contribution in [0.25, 0.3) is 10.9 Å². The maximum atomic E-state index is 13.5. The summed E-state index contributed by atoms with van der Waals surface area (Å²) in [6.45, 7) is 1.76. The predicted molar refractivity (Wildman–Crippen MR) is 135 cm³/mol. The molecule has 4 N–H and O–H groups in total. The second-order valence-electron chi connectivity index (χ2n) is 7.89. The molecule has 4 aromatic rings. The van der Waals surface area contributed by atoms with Crippen molar-refractivity contribution in [1.82, 2.24) is 4.57 Å². The van der Waals surface area contributed by atoms with Gasteiger partial charge < -0.3 is 21.1 Å². The molecule has 3 aromatic carbocycles. The molecule has 0 aliphatic carbocycles. The number of nitrogens with zero attached hydrogens (tertiary/aromatic N) is 1. The Bertz CT molecular complexity index is 1380. The van der Waals surface area contributed by atoms with Gasteiger partial charge in [0.2, 0.25) is 0 Å². The van der Waals surface area contributed by atoms with E-state index in [-0.39, 0.29) is 19.1 Å². The number of rotatable bonds is 7. The fourth-order valence-corrected chi connectivity index (χ4v) is 3.76. The molecule has 1 aromatic heterocycles. The van der Waals surface area contributed by atoms with Gasteiger partial charge in [0, 0.05) is 28.4 Å². The van der Waals surface area contributed by atoms with Crippen molar-refractivity contribution < 1.29 is 19.1 Å². The molecule has 2 amide bonds. The number of carbonyl (C=O) groups excluding carboxylic acids is 3. The second kappa shape index (κ2) is 10.7. The molecular formula is C27H26N4O4. The molecule has 1 heterocycles. The normalized spacial score (nSPS) is 10.7. The summed E-state index contributed by atoms with van der Waals surface area (Å²) in [6, 6.07) is 21.4. The number of nitrogens with two attached hydrogens (primary N) is 1. The number of aryl methyl sites for hydroxylation is 1. The van der Waals surface area contributed by atoms with Crippen LogP contribution in [0.1, 0.15) is 28.4 Å². The average molecular weight is 471 g/mol. The predicted octanol–water partition coefficient (Wildman–Crippen LogP) is 4.54. The first-order valence-corrected chi connectivity index (χ1v) is 11.3. The Labute approximate surface area is 202 Å². The van der Waals surface area contributed by atoms with Gasteiger partial charge in [0.05, 0.1) is 17.7 Å². The van der Waals surface area contributed by atoms with Crippen LogP contribution < -0.4 is 16.4 Å². The molecule has 178 valence electrons. The zero-order valence-corrected chi connectivity index (χ0v) is 19.3. The van der Waals surface area contributed by atoms with Crippen LogP contribution in [-0.2, 0) is 22.6 Å². The van der Waals surface area contributed by atoms with E-state index in [0.29, 0.717) is 33.4 Å². The van der Waals surface area contributed by atoms with Crippen molar-refractivity contribution in [2.24, 2.45) is 5.73 Å². The highest BCUT2D eigenvalue weighted by atomic mass is 16.5. The van der Waals surface area contributed by atoms with Crippen LogP contribution in [0.2, 0.25) is 0 Å². The molecule has 0 atom stereocenters. The summed E-state index contributed by atoms with van der Waals surface area (Å²) in [5, 5.41) is 6.37. The standard InChI is InChI=1S/C27H26N4O4/c1-2-18-11-13-20(14-12-18)29-27(34)30-23-16-31(24-10-6-5-9-22(23)24)26(33)21-8-4-3-7-19(21)17-35-25(32)15-28/h3-14,16H,2,15,17,28H2,1H3,(H2,29,30,34). The van der Waals surface area contributed by atoms with Crippen molar-refractivity contribution in [1.29, 1.82) is 0 Å². The van der Waals surface area contributed by atoms with E-state index >= 15 is 0 Å². The Morgan fingerprint density at radius 1 is 0.914 bits per heavy atom. The smallest absolute Gasteiger partial charge is 0.323 e. The molecule has 0 radical (unpaired) electrons. The van der Waals surface area contributed by atoms with Gasteiger partial charge in [0.1, 0.15) is 6.61 Å². The first kappa shape index (κ1) is 23.7. The van der Waals surface area contributed by atoms with E-state index in [1.807, 2.05) is 42.5 Å². The maximum Gasteiger partial charge on any atom is 0.323 e. The summed E-state index contributed by atoms with van der Waals surface area (Å²) in [4.78, 5) is 37.7. The number of benzene rings is 3. The number of esters is 1. The van der Waals surface area contributed by atoms with Gasteiger partial charge in [-0.25, -0.2) is 4.79 Å². The Morgan fingerprint density at radius 2 is 1.63 bits per heavy atom. The van der Waals surface area contributed by atoms with Gasteiger partial charge in [-0.15, -0.1) is 0 Å². The molecule has 0 spiro atoms. The average Bonchev–Trinajstić information content (AvgIpc) is 3.25. The van der Waals surface area contributed by atoms with Crippen molar-refractivity contribution in [3.8, 4) is 0 Å². The molecule has 0 unspecified atom stereocenters. The van der Waals surface area contributed by atoms with Gasteiger partial charge in [-0.05, 0) is 36.2 Å². The van der Waals surface area contributed by atoms with Crippen LogP contribution in [0, 0.1) is 0 Å².